The number of nitrogens with two attached hydrogens (primary N) is 1. The van der Waals surface area contributed by atoms with Crippen molar-refractivity contribution in [3.8, 4) is 11.5 Å². The summed E-state index contributed by atoms with van der Waals surface area (Å²) in [5.74, 6) is 1.48. The molecule has 0 heterocycles. The lowest BCUT2D eigenvalue weighted by atomic mass is 10.1. The minimum absolute atomic E-state index is 0.626. The number of nitrogen functional groups attached to an aromatic ring is 1. The van der Waals surface area contributed by atoms with Crippen molar-refractivity contribution in [3.63, 3.8) is 0 Å². The van der Waals surface area contributed by atoms with Crippen molar-refractivity contribution in [1.29, 1.82) is 0 Å². The summed E-state index contributed by atoms with van der Waals surface area (Å²) < 4.78 is 5.84. The van der Waals surface area contributed by atoms with Crippen molar-refractivity contribution in [2.75, 3.05) is 5.73 Å². The van der Waals surface area contributed by atoms with Gasteiger partial charge in [0.2, 0.25) is 0 Å². The van der Waals surface area contributed by atoms with Gasteiger partial charge in [-0.2, -0.15) is 0 Å². The Morgan fingerprint density at radius 3 is 2.24 bits per heavy atom. The van der Waals surface area contributed by atoms with Gasteiger partial charge in [-0.15, -0.1) is 0 Å². The molecule has 0 aliphatic carbocycles. The van der Waals surface area contributed by atoms with Crippen LogP contribution in [0, 0.1) is 13.8 Å². The third-order valence-electron chi connectivity index (χ3n) is 2.56. The zero-order chi connectivity index (χ0) is 12.4. The van der Waals surface area contributed by atoms with Crippen LogP contribution in [-0.2, 0) is 0 Å². The van der Waals surface area contributed by atoms with E-state index in [1.807, 2.05) is 50.2 Å². The van der Waals surface area contributed by atoms with E-state index in [1.165, 1.54) is 0 Å². The highest BCUT2D eigenvalue weighted by molar-refractivity contribution is 6.30. The quantitative estimate of drug-likeness (QED) is 0.802. The van der Waals surface area contributed by atoms with Crippen LogP contribution in [0.25, 0.3) is 0 Å². The van der Waals surface area contributed by atoms with E-state index in [0.717, 1.165) is 16.9 Å². The lowest BCUT2D eigenvalue weighted by Crippen LogP contribution is -1.95. The molecule has 0 fully saturated rings. The third kappa shape index (κ3) is 2.53. The molecule has 2 aromatic rings. The second-order valence-corrected chi connectivity index (χ2v) is 4.45. The van der Waals surface area contributed by atoms with Crippen molar-refractivity contribution >= 4 is 17.3 Å². The fraction of sp³-hybridized carbons (Fsp3) is 0.143. The molecule has 0 radical (unpaired) electrons. The summed E-state index contributed by atoms with van der Waals surface area (Å²) in [6.07, 6.45) is 0. The van der Waals surface area contributed by atoms with Gasteiger partial charge < -0.3 is 10.5 Å². The van der Waals surface area contributed by atoms with E-state index in [2.05, 4.69) is 0 Å². The summed E-state index contributed by atoms with van der Waals surface area (Å²) in [7, 11) is 0. The minimum Gasteiger partial charge on any atom is -0.455 e. The largest absolute Gasteiger partial charge is 0.455 e. The lowest BCUT2D eigenvalue weighted by molar-refractivity contribution is 0.477. The molecule has 88 valence electrons. The Morgan fingerprint density at radius 2 is 1.65 bits per heavy atom. The molecule has 0 atom stereocenters. The summed E-state index contributed by atoms with van der Waals surface area (Å²) in [5, 5.41) is 0.716. The summed E-state index contributed by atoms with van der Waals surface area (Å²) in [5.41, 5.74) is 8.47. The Hall–Kier alpha value is -1.67. The number of anilines is 1. The van der Waals surface area contributed by atoms with Gasteiger partial charge in [0.15, 0.2) is 0 Å². The molecular formula is C14H14ClNO. The highest BCUT2D eigenvalue weighted by Gasteiger charge is 2.08. The Labute approximate surface area is 106 Å². The number of para-hydroxylation sites is 2. The fourth-order valence-electron chi connectivity index (χ4n) is 1.74. The summed E-state index contributed by atoms with van der Waals surface area (Å²) in [6, 6.07) is 11.2. The topological polar surface area (TPSA) is 35.2 Å². The molecule has 2 rings (SSSR count). The number of benzene rings is 2. The number of aryl methyl sites for hydroxylation is 2. The van der Waals surface area contributed by atoms with Gasteiger partial charge in [-0.05, 0) is 49.2 Å². The Kier molecular flexibility index (Phi) is 3.25. The van der Waals surface area contributed by atoms with Crippen LogP contribution in [0.4, 0.5) is 5.69 Å². The van der Waals surface area contributed by atoms with Crippen LogP contribution in [0.15, 0.2) is 36.4 Å². The van der Waals surface area contributed by atoms with Gasteiger partial charge in [0.1, 0.15) is 11.5 Å². The monoisotopic (exact) mass is 247 g/mol. The molecule has 0 aliphatic heterocycles. The van der Waals surface area contributed by atoms with E-state index in [9.17, 15) is 0 Å². The van der Waals surface area contributed by atoms with Crippen LogP contribution in [0.3, 0.4) is 0 Å². The Balaban J connectivity index is 2.40. The molecule has 0 aromatic heterocycles. The number of hydrogen-bond acceptors (Lipinski definition) is 2. The minimum atomic E-state index is 0.626. The SMILES string of the molecule is Cc1cc(Cl)cc(C)c1Oc1ccccc1N. The summed E-state index contributed by atoms with van der Waals surface area (Å²) in [4.78, 5) is 0. The fourth-order valence-corrected chi connectivity index (χ4v) is 2.07. The maximum atomic E-state index is 5.98. The van der Waals surface area contributed by atoms with Crippen molar-refractivity contribution in [1.82, 2.24) is 0 Å². The normalized spacial score (nSPS) is 10.3. The molecular weight excluding hydrogens is 234 g/mol. The zero-order valence-corrected chi connectivity index (χ0v) is 10.6. The van der Waals surface area contributed by atoms with E-state index in [4.69, 9.17) is 22.1 Å². The van der Waals surface area contributed by atoms with Crippen LogP contribution in [-0.4, -0.2) is 0 Å². The van der Waals surface area contributed by atoms with Crippen molar-refractivity contribution < 1.29 is 4.74 Å². The van der Waals surface area contributed by atoms with Gasteiger partial charge >= 0.3 is 0 Å². The molecule has 0 bridgehead atoms. The highest BCUT2D eigenvalue weighted by atomic mass is 35.5. The highest BCUT2D eigenvalue weighted by Crippen LogP contribution is 2.33. The van der Waals surface area contributed by atoms with E-state index in [-0.39, 0.29) is 0 Å². The Morgan fingerprint density at radius 1 is 1.06 bits per heavy atom. The molecule has 0 saturated carbocycles. The number of hydrogen-bond donors (Lipinski definition) is 1. The number of rotatable bonds is 2. The first-order valence-corrected chi connectivity index (χ1v) is 5.75. The molecule has 0 spiro atoms. The third-order valence-corrected chi connectivity index (χ3v) is 2.77. The second kappa shape index (κ2) is 4.68. The van der Waals surface area contributed by atoms with Crippen molar-refractivity contribution in [2.24, 2.45) is 0 Å². The van der Waals surface area contributed by atoms with Gasteiger partial charge in [-0.1, -0.05) is 23.7 Å². The molecule has 0 unspecified atom stereocenters. The van der Waals surface area contributed by atoms with Gasteiger partial charge in [0, 0.05) is 5.02 Å². The Bertz CT molecular complexity index is 529. The average Bonchev–Trinajstić information content (AvgIpc) is 2.25. The first kappa shape index (κ1) is 11.8. The van der Waals surface area contributed by atoms with Crippen LogP contribution in [0.2, 0.25) is 5.02 Å². The van der Waals surface area contributed by atoms with Crippen molar-refractivity contribution in [2.45, 2.75) is 13.8 Å². The predicted octanol–water partition coefficient (Wildman–Crippen LogP) is 4.33. The van der Waals surface area contributed by atoms with Crippen LogP contribution in [0.5, 0.6) is 11.5 Å². The number of halogens is 1. The maximum Gasteiger partial charge on any atom is 0.150 e. The summed E-state index contributed by atoms with van der Waals surface area (Å²) >= 11 is 5.98. The van der Waals surface area contributed by atoms with E-state index < -0.39 is 0 Å². The maximum absolute atomic E-state index is 5.98. The molecule has 2 N–H and O–H groups in total. The molecule has 2 nitrogen and oxygen atoms in total. The van der Waals surface area contributed by atoms with Gasteiger partial charge in [-0.25, -0.2) is 0 Å². The van der Waals surface area contributed by atoms with Gasteiger partial charge in [0.25, 0.3) is 0 Å². The number of ether oxygens (including phenoxy) is 1. The van der Waals surface area contributed by atoms with E-state index >= 15 is 0 Å². The summed E-state index contributed by atoms with van der Waals surface area (Å²) in [6.45, 7) is 3.93. The molecule has 0 amide bonds. The predicted molar refractivity (Wildman–Crippen MR) is 71.9 cm³/mol. The first-order chi connectivity index (χ1) is 8.08. The van der Waals surface area contributed by atoms with Gasteiger partial charge in [-0.3, -0.25) is 0 Å². The lowest BCUT2D eigenvalue weighted by Gasteiger charge is -2.13. The average molecular weight is 248 g/mol. The molecule has 3 heteroatoms. The molecule has 0 aliphatic rings. The van der Waals surface area contributed by atoms with E-state index in [1.54, 1.807) is 0 Å². The van der Waals surface area contributed by atoms with Crippen LogP contribution < -0.4 is 10.5 Å². The zero-order valence-electron chi connectivity index (χ0n) is 9.83. The van der Waals surface area contributed by atoms with Crippen LogP contribution in [0.1, 0.15) is 11.1 Å². The van der Waals surface area contributed by atoms with Crippen LogP contribution >= 0.6 is 11.6 Å². The van der Waals surface area contributed by atoms with Crippen molar-refractivity contribution in [3.05, 3.63) is 52.5 Å². The second-order valence-electron chi connectivity index (χ2n) is 4.01. The van der Waals surface area contributed by atoms with E-state index in [0.29, 0.717) is 16.5 Å². The molecule has 17 heavy (non-hydrogen) atoms. The molecule has 0 saturated heterocycles. The first-order valence-electron chi connectivity index (χ1n) is 5.37. The van der Waals surface area contributed by atoms with Gasteiger partial charge in [0.05, 0.1) is 5.69 Å². The smallest absolute Gasteiger partial charge is 0.150 e. The standard InChI is InChI=1S/C14H14ClNO/c1-9-7-11(15)8-10(2)14(9)17-13-6-4-3-5-12(13)16/h3-8H,16H2,1-2H3. The molecule has 2 aromatic carbocycles.